The molecule has 0 spiro atoms. The fourth-order valence-electron chi connectivity index (χ4n) is 2.61. The molecular formula is C20H22ClN3O3S. The molecule has 1 atom stereocenters. The van der Waals surface area contributed by atoms with E-state index in [2.05, 4.69) is 11.4 Å². The summed E-state index contributed by atoms with van der Waals surface area (Å²) >= 11 is 6.01. The zero-order chi connectivity index (χ0) is 20.7. The highest BCUT2D eigenvalue weighted by atomic mass is 35.5. The molecular weight excluding hydrogens is 398 g/mol. The van der Waals surface area contributed by atoms with Crippen LogP contribution in [-0.2, 0) is 21.2 Å². The van der Waals surface area contributed by atoms with Crippen LogP contribution in [-0.4, -0.2) is 38.3 Å². The predicted octanol–water partition coefficient (Wildman–Crippen LogP) is 2.97. The van der Waals surface area contributed by atoms with Crippen molar-refractivity contribution in [1.82, 2.24) is 9.62 Å². The van der Waals surface area contributed by atoms with Crippen LogP contribution in [0.4, 0.5) is 0 Å². The van der Waals surface area contributed by atoms with Crippen molar-refractivity contribution in [3.8, 4) is 6.07 Å². The Hall–Kier alpha value is -2.40. The molecule has 2 aromatic carbocycles. The van der Waals surface area contributed by atoms with Gasteiger partial charge in [0, 0.05) is 26.1 Å². The third kappa shape index (κ3) is 5.55. The summed E-state index contributed by atoms with van der Waals surface area (Å²) < 4.78 is 26.6. The van der Waals surface area contributed by atoms with Gasteiger partial charge in [0.05, 0.1) is 16.7 Å². The monoisotopic (exact) mass is 419 g/mol. The van der Waals surface area contributed by atoms with Crippen molar-refractivity contribution in [2.24, 2.45) is 0 Å². The van der Waals surface area contributed by atoms with Crippen LogP contribution >= 0.6 is 11.6 Å². The Bertz CT molecular complexity index is 969. The van der Waals surface area contributed by atoms with Gasteiger partial charge in [-0.2, -0.15) is 9.57 Å². The molecule has 0 aliphatic rings. The van der Waals surface area contributed by atoms with Gasteiger partial charge in [-0.15, -0.1) is 0 Å². The van der Waals surface area contributed by atoms with Crippen molar-refractivity contribution in [2.45, 2.75) is 30.7 Å². The maximum absolute atomic E-state index is 12.7. The van der Waals surface area contributed by atoms with Crippen LogP contribution in [0, 0.1) is 11.3 Å². The van der Waals surface area contributed by atoms with Crippen LogP contribution in [0.2, 0.25) is 5.02 Å². The van der Waals surface area contributed by atoms with E-state index in [9.17, 15) is 13.2 Å². The molecule has 6 nitrogen and oxygen atoms in total. The number of halogens is 1. The van der Waals surface area contributed by atoms with E-state index < -0.39 is 16.1 Å². The van der Waals surface area contributed by atoms with Crippen molar-refractivity contribution in [2.75, 3.05) is 13.6 Å². The minimum Gasteiger partial charge on any atom is -0.356 e. The van der Waals surface area contributed by atoms with Gasteiger partial charge in [0.25, 0.3) is 0 Å². The number of rotatable bonds is 8. The fourth-order valence-corrected chi connectivity index (χ4v) is 4.46. The molecule has 0 aliphatic carbocycles. The molecule has 0 heterocycles. The number of hydrogen-bond donors (Lipinski definition) is 1. The normalized spacial score (nSPS) is 12.4. The highest BCUT2D eigenvalue weighted by molar-refractivity contribution is 7.89. The Morgan fingerprint density at radius 2 is 1.86 bits per heavy atom. The van der Waals surface area contributed by atoms with Crippen molar-refractivity contribution < 1.29 is 13.2 Å². The van der Waals surface area contributed by atoms with Gasteiger partial charge in [-0.3, -0.25) is 4.79 Å². The van der Waals surface area contributed by atoms with E-state index in [1.165, 1.54) is 19.2 Å². The highest BCUT2D eigenvalue weighted by Crippen LogP contribution is 2.25. The van der Waals surface area contributed by atoms with Gasteiger partial charge >= 0.3 is 0 Å². The summed E-state index contributed by atoms with van der Waals surface area (Å²) in [6.45, 7) is 2.10. The Labute approximate surface area is 170 Å². The first kappa shape index (κ1) is 21.9. The van der Waals surface area contributed by atoms with E-state index in [4.69, 9.17) is 16.9 Å². The summed E-state index contributed by atoms with van der Waals surface area (Å²) in [6.07, 6.45) is 0.660. The zero-order valence-electron chi connectivity index (χ0n) is 15.7. The lowest BCUT2D eigenvalue weighted by Gasteiger charge is -2.24. The van der Waals surface area contributed by atoms with E-state index >= 15 is 0 Å². The van der Waals surface area contributed by atoms with Crippen LogP contribution in [0.25, 0.3) is 0 Å². The van der Waals surface area contributed by atoms with Gasteiger partial charge < -0.3 is 5.32 Å². The number of amides is 1. The van der Waals surface area contributed by atoms with Crippen LogP contribution in [0.15, 0.2) is 53.4 Å². The maximum Gasteiger partial charge on any atom is 0.244 e. The summed E-state index contributed by atoms with van der Waals surface area (Å²) in [5.74, 6) is -0.234. The first-order valence-electron chi connectivity index (χ1n) is 8.74. The number of carbonyl (C=O) groups is 1. The average molecular weight is 420 g/mol. The number of nitriles is 1. The molecule has 1 unspecified atom stereocenters. The molecule has 2 aromatic rings. The third-order valence-corrected chi connectivity index (χ3v) is 6.89. The number of nitrogens with zero attached hydrogens (tertiary/aromatic N) is 2. The lowest BCUT2D eigenvalue weighted by atomic mass is 10.1. The molecule has 0 aromatic heterocycles. The Kier molecular flexibility index (Phi) is 7.58. The lowest BCUT2D eigenvalue weighted by molar-refractivity contribution is -0.121. The zero-order valence-corrected chi connectivity index (χ0v) is 17.3. The van der Waals surface area contributed by atoms with Crippen LogP contribution in [0.5, 0.6) is 0 Å². The number of benzene rings is 2. The standard InChI is InChI=1S/C20H22ClN3O3S/c1-15(24(2)28(26,27)19-6-4-3-5-18(19)21)13-20(25)23-12-11-16-7-9-17(14-22)10-8-16/h3-10,15H,11-13H2,1-2H3,(H,23,25). The van der Waals surface area contributed by atoms with Crippen LogP contribution < -0.4 is 5.32 Å². The van der Waals surface area contributed by atoms with Crippen molar-refractivity contribution in [1.29, 1.82) is 5.26 Å². The summed E-state index contributed by atoms with van der Waals surface area (Å²) in [5, 5.41) is 11.7. The van der Waals surface area contributed by atoms with Crippen LogP contribution in [0.3, 0.4) is 0 Å². The van der Waals surface area contributed by atoms with Crippen LogP contribution in [0.1, 0.15) is 24.5 Å². The molecule has 0 aliphatic heterocycles. The van der Waals surface area contributed by atoms with E-state index in [0.29, 0.717) is 18.5 Å². The number of nitrogens with one attached hydrogen (secondary N) is 1. The van der Waals surface area contributed by atoms with Gasteiger partial charge in [0.15, 0.2) is 0 Å². The second kappa shape index (κ2) is 9.69. The van der Waals surface area contributed by atoms with Crippen molar-refractivity contribution >= 4 is 27.5 Å². The SMILES string of the molecule is CC(CC(=O)NCCc1ccc(C#N)cc1)N(C)S(=O)(=O)c1ccccc1Cl. The van der Waals surface area contributed by atoms with E-state index in [0.717, 1.165) is 9.87 Å². The van der Waals surface area contributed by atoms with Crippen molar-refractivity contribution in [3.63, 3.8) is 0 Å². The Morgan fingerprint density at radius 3 is 2.46 bits per heavy atom. The summed E-state index contributed by atoms with van der Waals surface area (Å²) in [4.78, 5) is 12.2. The fraction of sp³-hybridized carbons (Fsp3) is 0.300. The quantitative estimate of drug-likeness (QED) is 0.712. The Balaban J connectivity index is 1.88. The maximum atomic E-state index is 12.7. The first-order chi connectivity index (χ1) is 13.3. The largest absolute Gasteiger partial charge is 0.356 e. The minimum atomic E-state index is -3.79. The molecule has 8 heteroatoms. The number of carbonyl (C=O) groups excluding carboxylic acids is 1. The van der Waals surface area contributed by atoms with Gasteiger partial charge in [-0.05, 0) is 43.2 Å². The average Bonchev–Trinajstić information content (AvgIpc) is 2.68. The molecule has 1 amide bonds. The van der Waals surface area contributed by atoms with E-state index in [1.54, 1.807) is 31.2 Å². The first-order valence-corrected chi connectivity index (χ1v) is 10.6. The highest BCUT2D eigenvalue weighted by Gasteiger charge is 2.28. The van der Waals surface area contributed by atoms with E-state index in [-0.39, 0.29) is 22.2 Å². The third-order valence-electron chi connectivity index (χ3n) is 4.41. The van der Waals surface area contributed by atoms with Gasteiger partial charge in [-0.1, -0.05) is 35.9 Å². The predicted molar refractivity (Wildman–Crippen MR) is 108 cm³/mol. The number of hydrogen-bond acceptors (Lipinski definition) is 4. The summed E-state index contributed by atoms with van der Waals surface area (Å²) in [5.41, 5.74) is 1.59. The summed E-state index contributed by atoms with van der Waals surface area (Å²) in [6, 6.07) is 14.9. The Morgan fingerprint density at radius 1 is 1.21 bits per heavy atom. The molecule has 148 valence electrons. The van der Waals surface area contributed by atoms with E-state index in [1.807, 2.05) is 12.1 Å². The van der Waals surface area contributed by atoms with Gasteiger partial charge in [-0.25, -0.2) is 8.42 Å². The molecule has 2 rings (SSSR count). The minimum absolute atomic E-state index is 0.0206. The van der Waals surface area contributed by atoms with Gasteiger partial charge in [0.2, 0.25) is 15.9 Å². The molecule has 0 fully saturated rings. The molecule has 0 saturated carbocycles. The van der Waals surface area contributed by atoms with Crippen molar-refractivity contribution in [3.05, 3.63) is 64.7 Å². The molecule has 28 heavy (non-hydrogen) atoms. The second-order valence-corrected chi connectivity index (χ2v) is 8.79. The molecule has 1 N–H and O–H groups in total. The second-order valence-electron chi connectivity index (χ2n) is 6.41. The number of sulfonamides is 1. The molecule has 0 radical (unpaired) electrons. The molecule has 0 saturated heterocycles. The topological polar surface area (TPSA) is 90.3 Å². The lowest BCUT2D eigenvalue weighted by Crippen LogP contribution is -2.39. The summed E-state index contributed by atoms with van der Waals surface area (Å²) in [7, 11) is -2.35. The molecule has 0 bridgehead atoms. The van der Waals surface area contributed by atoms with Gasteiger partial charge in [0.1, 0.15) is 4.90 Å². The smallest absolute Gasteiger partial charge is 0.244 e.